The highest BCUT2D eigenvalue weighted by Gasteiger charge is 2.01. The second-order valence-electron chi connectivity index (χ2n) is 3.69. The van der Waals surface area contributed by atoms with E-state index in [0.717, 1.165) is 6.42 Å². The Morgan fingerprint density at radius 3 is 2.31 bits per heavy atom. The monoisotopic (exact) mass is 178 g/mol. The van der Waals surface area contributed by atoms with Gasteiger partial charge in [-0.1, -0.05) is 46.4 Å². The molecule has 0 amide bonds. The van der Waals surface area contributed by atoms with Gasteiger partial charge in [-0.2, -0.15) is 0 Å². The SMILES string of the molecule is C.CCc1cc(C(C)C)ccc1C. The zero-order valence-electron chi connectivity index (χ0n) is 8.52. The maximum Gasteiger partial charge on any atom is -0.0219 e. The minimum Gasteiger partial charge on any atom is -0.0776 e. The smallest absolute Gasteiger partial charge is 0.0219 e. The molecule has 0 heteroatoms. The summed E-state index contributed by atoms with van der Waals surface area (Å²) in [6.45, 7) is 8.88. The van der Waals surface area contributed by atoms with Gasteiger partial charge in [0.25, 0.3) is 0 Å². The molecule has 0 aliphatic heterocycles. The molecule has 0 spiro atoms. The Bertz CT molecular complexity index is 259. The van der Waals surface area contributed by atoms with E-state index in [2.05, 4.69) is 45.9 Å². The first-order valence-corrected chi connectivity index (χ1v) is 4.74. The minimum atomic E-state index is 0. The van der Waals surface area contributed by atoms with Crippen molar-refractivity contribution in [1.29, 1.82) is 0 Å². The van der Waals surface area contributed by atoms with Crippen molar-refractivity contribution in [2.45, 2.75) is 47.5 Å². The lowest BCUT2D eigenvalue weighted by molar-refractivity contribution is 0.861. The van der Waals surface area contributed by atoms with E-state index in [0.29, 0.717) is 5.92 Å². The van der Waals surface area contributed by atoms with Crippen LogP contribution in [-0.4, -0.2) is 0 Å². The van der Waals surface area contributed by atoms with Crippen molar-refractivity contribution in [3.05, 3.63) is 34.9 Å². The average molecular weight is 178 g/mol. The summed E-state index contributed by atoms with van der Waals surface area (Å²) in [5.41, 5.74) is 4.36. The topological polar surface area (TPSA) is 0 Å². The molecule has 0 radical (unpaired) electrons. The van der Waals surface area contributed by atoms with E-state index >= 15 is 0 Å². The van der Waals surface area contributed by atoms with Crippen LogP contribution in [0.4, 0.5) is 0 Å². The largest absolute Gasteiger partial charge is 0.0776 e. The highest BCUT2D eigenvalue weighted by molar-refractivity contribution is 5.32. The van der Waals surface area contributed by atoms with Crippen molar-refractivity contribution in [2.75, 3.05) is 0 Å². The van der Waals surface area contributed by atoms with Crippen molar-refractivity contribution >= 4 is 0 Å². The molecule has 0 saturated carbocycles. The van der Waals surface area contributed by atoms with Crippen LogP contribution in [0.15, 0.2) is 18.2 Å². The minimum absolute atomic E-state index is 0. The molecule has 0 nitrogen and oxygen atoms in total. The fourth-order valence-electron chi connectivity index (χ4n) is 1.43. The van der Waals surface area contributed by atoms with Crippen molar-refractivity contribution in [1.82, 2.24) is 0 Å². The van der Waals surface area contributed by atoms with Crippen LogP contribution >= 0.6 is 0 Å². The highest BCUT2D eigenvalue weighted by Crippen LogP contribution is 2.18. The summed E-state index contributed by atoms with van der Waals surface area (Å²) in [4.78, 5) is 0. The Morgan fingerprint density at radius 1 is 1.23 bits per heavy atom. The van der Waals surface area contributed by atoms with Crippen LogP contribution in [0.2, 0.25) is 0 Å². The Balaban J connectivity index is 0.00000144. The zero-order chi connectivity index (χ0) is 9.14. The first-order valence-electron chi connectivity index (χ1n) is 4.74. The van der Waals surface area contributed by atoms with Gasteiger partial charge in [-0.3, -0.25) is 0 Å². The van der Waals surface area contributed by atoms with Gasteiger partial charge >= 0.3 is 0 Å². The lowest BCUT2D eigenvalue weighted by atomic mass is 9.97. The maximum atomic E-state index is 2.33. The second-order valence-corrected chi connectivity index (χ2v) is 3.69. The first kappa shape index (κ1) is 12.2. The predicted octanol–water partition coefficient (Wildman–Crippen LogP) is 4.32. The van der Waals surface area contributed by atoms with Gasteiger partial charge in [0.2, 0.25) is 0 Å². The van der Waals surface area contributed by atoms with Gasteiger partial charge in [0.05, 0.1) is 0 Å². The highest BCUT2D eigenvalue weighted by atomic mass is 14.1. The van der Waals surface area contributed by atoms with Crippen LogP contribution < -0.4 is 0 Å². The van der Waals surface area contributed by atoms with Gasteiger partial charge < -0.3 is 0 Å². The lowest BCUT2D eigenvalue weighted by Crippen LogP contribution is -1.92. The molecule has 0 heterocycles. The van der Waals surface area contributed by atoms with E-state index < -0.39 is 0 Å². The number of hydrogen-bond donors (Lipinski definition) is 0. The van der Waals surface area contributed by atoms with Crippen LogP contribution in [0, 0.1) is 6.92 Å². The molecule has 0 saturated heterocycles. The predicted molar refractivity (Wildman–Crippen MR) is 61.4 cm³/mol. The standard InChI is InChI=1S/C12H18.CH4/c1-5-11-8-12(9(2)3)7-6-10(11)4;/h6-9H,5H2,1-4H3;1H4. The van der Waals surface area contributed by atoms with Crippen LogP contribution in [0.5, 0.6) is 0 Å². The lowest BCUT2D eigenvalue weighted by Gasteiger charge is -2.09. The zero-order valence-corrected chi connectivity index (χ0v) is 8.52. The number of hydrogen-bond acceptors (Lipinski definition) is 0. The summed E-state index contributed by atoms with van der Waals surface area (Å²) in [5.74, 6) is 0.649. The Kier molecular flexibility index (Phi) is 4.76. The van der Waals surface area contributed by atoms with E-state index in [9.17, 15) is 0 Å². The summed E-state index contributed by atoms with van der Waals surface area (Å²) in [5, 5.41) is 0. The molecule has 13 heavy (non-hydrogen) atoms. The van der Waals surface area contributed by atoms with E-state index in [1.807, 2.05) is 0 Å². The quantitative estimate of drug-likeness (QED) is 0.632. The van der Waals surface area contributed by atoms with E-state index in [1.165, 1.54) is 16.7 Å². The van der Waals surface area contributed by atoms with Gasteiger partial charge in [-0.15, -0.1) is 0 Å². The Labute approximate surface area is 83.0 Å². The molecular formula is C13H22. The van der Waals surface area contributed by atoms with Gasteiger partial charge in [-0.25, -0.2) is 0 Å². The maximum absolute atomic E-state index is 2.33. The van der Waals surface area contributed by atoms with Gasteiger partial charge in [0, 0.05) is 0 Å². The molecule has 0 bridgehead atoms. The van der Waals surface area contributed by atoms with Gasteiger partial charge in [0.1, 0.15) is 0 Å². The molecule has 0 aromatic heterocycles. The number of aryl methyl sites for hydroxylation is 2. The van der Waals surface area contributed by atoms with Crippen LogP contribution in [0.3, 0.4) is 0 Å². The normalized spacial score (nSPS) is 9.92. The molecule has 0 atom stereocenters. The summed E-state index contributed by atoms with van der Waals surface area (Å²) in [7, 11) is 0. The third-order valence-corrected chi connectivity index (χ3v) is 2.42. The molecule has 1 aromatic carbocycles. The number of rotatable bonds is 2. The summed E-state index contributed by atoms with van der Waals surface area (Å²) in [6, 6.07) is 6.80. The fourth-order valence-corrected chi connectivity index (χ4v) is 1.43. The molecule has 0 aliphatic rings. The summed E-state index contributed by atoms with van der Waals surface area (Å²) >= 11 is 0. The van der Waals surface area contributed by atoms with Crippen LogP contribution in [0.25, 0.3) is 0 Å². The molecule has 0 fully saturated rings. The van der Waals surface area contributed by atoms with Crippen molar-refractivity contribution in [3.63, 3.8) is 0 Å². The average Bonchev–Trinajstić information content (AvgIpc) is 2.05. The van der Waals surface area contributed by atoms with E-state index in [-0.39, 0.29) is 7.43 Å². The van der Waals surface area contributed by atoms with Crippen molar-refractivity contribution in [3.8, 4) is 0 Å². The summed E-state index contributed by atoms with van der Waals surface area (Å²) < 4.78 is 0. The van der Waals surface area contributed by atoms with Gasteiger partial charge in [-0.05, 0) is 36.0 Å². The molecule has 1 rings (SSSR count). The number of benzene rings is 1. The van der Waals surface area contributed by atoms with Crippen molar-refractivity contribution in [2.24, 2.45) is 0 Å². The van der Waals surface area contributed by atoms with Gasteiger partial charge in [0.15, 0.2) is 0 Å². The molecule has 0 N–H and O–H groups in total. The third-order valence-electron chi connectivity index (χ3n) is 2.42. The molecular weight excluding hydrogens is 156 g/mol. The summed E-state index contributed by atoms with van der Waals surface area (Å²) in [6.07, 6.45) is 1.15. The molecule has 1 aromatic rings. The third kappa shape index (κ3) is 2.87. The van der Waals surface area contributed by atoms with Crippen molar-refractivity contribution < 1.29 is 0 Å². The van der Waals surface area contributed by atoms with Crippen LogP contribution in [0.1, 0.15) is 50.8 Å². The Hall–Kier alpha value is -0.780. The van der Waals surface area contributed by atoms with Crippen LogP contribution in [-0.2, 0) is 6.42 Å². The first-order chi connectivity index (χ1) is 5.65. The molecule has 0 aliphatic carbocycles. The molecule has 0 unspecified atom stereocenters. The fraction of sp³-hybridized carbons (Fsp3) is 0.538. The molecule has 74 valence electrons. The van der Waals surface area contributed by atoms with E-state index in [1.54, 1.807) is 0 Å². The Morgan fingerprint density at radius 2 is 1.85 bits per heavy atom. The van der Waals surface area contributed by atoms with E-state index in [4.69, 9.17) is 0 Å². The second kappa shape index (κ2) is 5.06.